The van der Waals surface area contributed by atoms with Gasteiger partial charge in [-0.05, 0) is 20.3 Å². The van der Waals surface area contributed by atoms with Gasteiger partial charge in [-0.15, -0.1) is 0 Å². The average molecular weight is 158 g/mol. The Kier molecular flexibility index (Phi) is 5.47. The molecule has 0 aliphatic carbocycles. The molecule has 0 rings (SSSR count). The number of ether oxygens (including phenoxy) is 1. The lowest BCUT2D eigenvalue weighted by molar-refractivity contribution is -0.137. The van der Waals surface area contributed by atoms with Crippen LogP contribution in [0.15, 0.2) is 12.2 Å². The van der Waals surface area contributed by atoms with E-state index in [0.717, 1.165) is 0 Å². The van der Waals surface area contributed by atoms with Gasteiger partial charge >= 0.3 is 5.97 Å². The van der Waals surface area contributed by atoms with Crippen LogP contribution in [0.25, 0.3) is 0 Å². The van der Waals surface area contributed by atoms with Crippen molar-refractivity contribution in [2.24, 2.45) is 0 Å². The minimum Gasteiger partial charge on any atom is -0.463 e. The summed E-state index contributed by atoms with van der Waals surface area (Å²) in [4.78, 5) is 10.6. The van der Waals surface area contributed by atoms with E-state index in [4.69, 9.17) is 5.11 Å². The summed E-state index contributed by atoms with van der Waals surface area (Å²) < 4.78 is 4.62. The van der Waals surface area contributed by atoms with Crippen molar-refractivity contribution in [1.82, 2.24) is 0 Å². The molecule has 0 fully saturated rings. The van der Waals surface area contributed by atoms with Crippen LogP contribution in [0.4, 0.5) is 0 Å². The lowest BCUT2D eigenvalue weighted by Crippen LogP contribution is -2.00. The van der Waals surface area contributed by atoms with Crippen molar-refractivity contribution >= 4 is 5.97 Å². The van der Waals surface area contributed by atoms with Gasteiger partial charge in [0, 0.05) is 6.08 Å². The van der Waals surface area contributed by atoms with E-state index in [1.807, 2.05) is 0 Å². The van der Waals surface area contributed by atoms with Crippen LogP contribution < -0.4 is 0 Å². The van der Waals surface area contributed by atoms with Crippen LogP contribution in [0.2, 0.25) is 0 Å². The number of carbonyl (C=O) groups excluding carboxylic acids is 1. The lowest BCUT2D eigenvalue weighted by Gasteiger charge is -1.96. The molecule has 11 heavy (non-hydrogen) atoms. The molecule has 0 radical (unpaired) electrons. The first-order valence-corrected chi connectivity index (χ1v) is 3.68. The van der Waals surface area contributed by atoms with Crippen molar-refractivity contribution < 1.29 is 14.6 Å². The normalized spacial score (nSPS) is 13.4. The van der Waals surface area contributed by atoms with E-state index in [-0.39, 0.29) is 5.97 Å². The van der Waals surface area contributed by atoms with Gasteiger partial charge in [0.05, 0.1) is 12.7 Å². The van der Waals surface area contributed by atoms with Gasteiger partial charge in [-0.1, -0.05) is 6.08 Å². The summed E-state index contributed by atoms with van der Waals surface area (Å²) in [5, 5.41) is 8.79. The Balaban J connectivity index is 3.48. The number of hydrogen-bond donors (Lipinski definition) is 1. The number of aliphatic hydroxyl groups excluding tert-OH is 1. The van der Waals surface area contributed by atoms with E-state index >= 15 is 0 Å². The maximum atomic E-state index is 10.6. The molecule has 0 saturated carbocycles. The molecule has 0 aromatic rings. The van der Waals surface area contributed by atoms with E-state index in [9.17, 15) is 4.79 Å². The molecule has 3 heteroatoms. The zero-order chi connectivity index (χ0) is 8.69. The second-order valence-electron chi connectivity index (χ2n) is 2.24. The van der Waals surface area contributed by atoms with Crippen LogP contribution in [0, 0.1) is 0 Å². The highest BCUT2D eigenvalue weighted by Crippen LogP contribution is 1.91. The van der Waals surface area contributed by atoms with E-state index in [2.05, 4.69) is 4.74 Å². The Morgan fingerprint density at radius 1 is 1.73 bits per heavy atom. The van der Waals surface area contributed by atoms with E-state index in [0.29, 0.717) is 13.0 Å². The number of hydrogen-bond acceptors (Lipinski definition) is 3. The highest BCUT2D eigenvalue weighted by molar-refractivity contribution is 5.81. The molecule has 0 saturated heterocycles. The molecule has 0 spiro atoms. The Morgan fingerprint density at radius 2 is 2.36 bits per heavy atom. The molecule has 1 atom stereocenters. The minimum absolute atomic E-state index is 0.354. The van der Waals surface area contributed by atoms with Crippen molar-refractivity contribution in [3.63, 3.8) is 0 Å². The van der Waals surface area contributed by atoms with E-state index in [1.54, 1.807) is 19.9 Å². The number of aliphatic hydroxyl groups is 1. The molecule has 64 valence electrons. The molecule has 0 heterocycles. The zero-order valence-corrected chi connectivity index (χ0v) is 6.91. The minimum atomic E-state index is -0.402. The largest absolute Gasteiger partial charge is 0.463 e. The molecule has 0 unspecified atom stereocenters. The Hall–Kier alpha value is -0.830. The van der Waals surface area contributed by atoms with Gasteiger partial charge in [-0.25, -0.2) is 4.79 Å². The topological polar surface area (TPSA) is 46.5 Å². The van der Waals surface area contributed by atoms with Crippen LogP contribution in [-0.4, -0.2) is 23.8 Å². The Morgan fingerprint density at radius 3 is 2.82 bits per heavy atom. The number of carbonyl (C=O) groups is 1. The van der Waals surface area contributed by atoms with Crippen LogP contribution in [-0.2, 0) is 9.53 Å². The molecular weight excluding hydrogens is 144 g/mol. The summed E-state index contributed by atoms with van der Waals surface area (Å²) in [5.74, 6) is -0.354. The second kappa shape index (κ2) is 5.92. The first kappa shape index (κ1) is 10.2. The third-order valence-electron chi connectivity index (χ3n) is 1.02. The average Bonchev–Trinajstić information content (AvgIpc) is 1.87. The van der Waals surface area contributed by atoms with Crippen LogP contribution in [0.5, 0.6) is 0 Å². The molecule has 1 N–H and O–H groups in total. The first-order chi connectivity index (χ1) is 5.16. The van der Waals surface area contributed by atoms with Gasteiger partial charge < -0.3 is 9.84 Å². The molecule has 0 bridgehead atoms. The van der Waals surface area contributed by atoms with Gasteiger partial charge in [-0.2, -0.15) is 0 Å². The summed E-state index contributed by atoms with van der Waals surface area (Å²) in [6.07, 6.45) is 3.01. The van der Waals surface area contributed by atoms with Crippen molar-refractivity contribution in [3.8, 4) is 0 Å². The summed E-state index contributed by atoms with van der Waals surface area (Å²) in [5.41, 5.74) is 0. The van der Waals surface area contributed by atoms with Crippen LogP contribution in [0.1, 0.15) is 20.3 Å². The van der Waals surface area contributed by atoms with Crippen LogP contribution >= 0.6 is 0 Å². The summed E-state index contributed by atoms with van der Waals surface area (Å²) in [7, 11) is 0. The highest BCUT2D eigenvalue weighted by Gasteiger charge is 1.93. The van der Waals surface area contributed by atoms with Gasteiger partial charge in [0.1, 0.15) is 0 Å². The predicted octanol–water partition coefficient (Wildman–Crippen LogP) is 0.877. The van der Waals surface area contributed by atoms with Gasteiger partial charge in [0.15, 0.2) is 0 Å². The van der Waals surface area contributed by atoms with Crippen molar-refractivity contribution in [3.05, 3.63) is 12.2 Å². The molecule has 0 aliphatic rings. The molecule has 0 aromatic carbocycles. The van der Waals surface area contributed by atoms with E-state index in [1.165, 1.54) is 6.08 Å². The van der Waals surface area contributed by atoms with Crippen molar-refractivity contribution in [2.75, 3.05) is 6.61 Å². The Labute approximate surface area is 66.7 Å². The standard InChI is InChI=1S/C8H14O3/c1-3-11-8(10)6-4-5-7(2)9/h4,6-7,9H,3,5H2,1-2H3/b6-4+/t7-/m1/s1. The summed E-state index contributed by atoms with van der Waals surface area (Å²) in [6.45, 7) is 3.80. The van der Waals surface area contributed by atoms with Gasteiger partial charge in [0.25, 0.3) is 0 Å². The zero-order valence-electron chi connectivity index (χ0n) is 6.91. The van der Waals surface area contributed by atoms with E-state index < -0.39 is 6.10 Å². The maximum Gasteiger partial charge on any atom is 0.330 e. The second-order valence-corrected chi connectivity index (χ2v) is 2.24. The predicted molar refractivity (Wildman–Crippen MR) is 42.1 cm³/mol. The van der Waals surface area contributed by atoms with Crippen molar-refractivity contribution in [2.45, 2.75) is 26.4 Å². The van der Waals surface area contributed by atoms with Gasteiger partial charge in [0.2, 0.25) is 0 Å². The maximum absolute atomic E-state index is 10.6. The third kappa shape index (κ3) is 7.06. The smallest absolute Gasteiger partial charge is 0.330 e. The fourth-order valence-electron chi connectivity index (χ4n) is 0.552. The SMILES string of the molecule is CCOC(=O)/C=C/C[C@@H](C)O. The third-order valence-corrected chi connectivity index (χ3v) is 1.02. The fourth-order valence-corrected chi connectivity index (χ4v) is 0.552. The highest BCUT2D eigenvalue weighted by atomic mass is 16.5. The fraction of sp³-hybridized carbons (Fsp3) is 0.625. The monoisotopic (exact) mass is 158 g/mol. The lowest BCUT2D eigenvalue weighted by atomic mass is 10.3. The molecule has 0 amide bonds. The number of esters is 1. The summed E-state index contributed by atoms with van der Waals surface area (Å²) in [6, 6.07) is 0. The quantitative estimate of drug-likeness (QED) is 0.488. The van der Waals surface area contributed by atoms with Gasteiger partial charge in [-0.3, -0.25) is 0 Å². The molecule has 3 nitrogen and oxygen atoms in total. The number of rotatable bonds is 4. The Bertz CT molecular complexity index is 138. The first-order valence-electron chi connectivity index (χ1n) is 3.68. The van der Waals surface area contributed by atoms with Crippen molar-refractivity contribution in [1.29, 1.82) is 0 Å². The molecule has 0 aromatic heterocycles. The summed E-state index contributed by atoms with van der Waals surface area (Å²) >= 11 is 0. The molecule has 0 aliphatic heterocycles. The molecular formula is C8H14O3. The van der Waals surface area contributed by atoms with Crippen LogP contribution in [0.3, 0.4) is 0 Å².